The summed E-state index contributed by atoms with van der Waals surface area (Å²) in [5, 5.41) is 0. The maximum Gasteiger partial charge on any atom is 0.248 e. The van der Waals surface area contributed by atoms with E-state index in [-0.39, 0.29) is 11.5 Å². The molecule has 0 radical (unpaired) electrons. The third-order valence-electron chi connectivity index (χ3n) is 5.64. The molecule has 1 aromatic heterocycles. The summed E-state index contributed by atoms with van der Waals surface area (Å²) in [5.41, 5.74) is 5.43. The van der Waals surface area contributed by atoms with Gasteiger partial charge in [-0.1, -0.05) is 57.9 Å². The van der Waals surface area contributed by atoms with Gasteiger partial charge in [0.2, 0.25) is 5.56 Å². The van der Waals surface area contributed by atoms with Crippen molar-refractivity contribution in [3.05, 3.63) is 97.4 Å². The first-order chi connectivity index (χ1) is 13.5. The molecule has 0 unspecified atom stereocenters. The highest BCUT2D eigenvalue weighted by molar-refractivity contribution is 9.10. The molecule has 0 fully saturated rings. The summed E-state index contributed by atoms with van der Waals surface area (Å²) in [5.74, 6) is 0.286. The lowest BCUT2D eigenvalue weighted by Crippen LogP contribution is -2.40. The van der Waals surface area contributed by atoms with Crippen LogP contribution in [0, 0.1) is 5.92 Å². The van der Waals surface area contributed by atoms with Crippen LogP contribution in [0.15, 0.2) is 80.0 Å². The Bertz CT molecular complexity index is 1090. The fraction of sp³-hybridized carbons (Fsp3) is 0.250. The highest BCUT2D eigenvalue weighted by Gasteiger charge is 2.46. The lowest BCUT2D eigenvalue weighted by molar-refractivity contribution is 0.413. The van der Waals surface area contributed by atoms with Crippen molar-refractivity contribution in [1.82, 2.24) is 4.98 Å². The van der Waals surface area contributed by atoms with E-state index in [1.165, 1.54) is 11.1 Å². The summed E-state index contributed by atoms with van der Waals surface area (Å²) in [7, 11) is 0. The molecule has 0 spiro atoms. The molecule has 2 bridgehead atoms. The minimum absolute atomic E-state index is 0.0468. The fourth-order valence-corrected chi connectivity index (χ4v) is 5.00. The van der Waals surface area contributed by atoms with E-state index < -0.39 is 5.54 Å². The van der Waals surface area contributed by atoms with E-state index in [0.717, 1.165) is 34.1 Å². The molecule has 2 aliphatic rings. The van der Waals surface area contributed by atoms with E-state index >= 15 is 0 Å². The Morgan fingerprint density at radius 3 is 2.86 bits per heavy atom. The normalized spacial score (nSPS) is 25.3. The van der Waals surface area contributed by atoms with Crippen LogP contribution in [0.1, 0.15) is 37.1 Å². The molecule has 1 N–H and O–H groups in total. The monoisotopic (exact) mass is 434 g/mol. The second-order valence-corrected chi connectivity index (χ2v) is 8.33. The molecule has 4 heteroatoms. The summed E-state index contributed by atoms with van der Waals surface area (Å²) in [6, 6.07) is 11.7. The summed E-state index contributed by atoms with van der Waals surface area (Å²) in [6.07, 6.45) is 12.1. The first-order valence-corrected chi connectivity index (χ1v) is 10.4. The minimum Gasteiger partial charge on any atom is -0.326 e. The van der Waals surface area contributed by atoms with Crippen molar-refractivity contribution in [3.63, 3.8) is 0 Å². The number of hydrogen-bond donors (Lipinski definition) is 1. The van der Waals surface area contributed by atoms with Crippen LogP contribution in [0.3, 0.4) is 0 Å². The molecule has 1 aromatic carbocycles. The van der Waals surface area contributed by atoms with Crippen LogP contribution in [-0.2, 0) is 12.0 Å². The smallest absolute Gasteiger partial charge is 0.248 e. The number of hydrogen-bond acceptors (Lipinski definition) is 2. The molecule has 0 saturated heterocycles. The quantitative estimate of drug-likeness (QED) is 0.496. The fourth-order valence-electron chi connectivity index (χ4n) is 4.58. The van der Waals surface area contributed by atoms with Gasteiger partial charge in [-0.3, -0.25) is 9.79 Å². The number of H-pyrrole nitrogens is 1. The summed E-state index contributed by atoms with van der Waals surface area (Å²) in [4.78, 5) is 20.0. The third kappa shape index (κ3) is 3.26. The molecule has 0 amide bonds. The highest BCUT2D eigenvalue weighted by atomic mass is 79.9. The predicted molar refractivity (Wildman–Crippen MR) is 120 cm³/mol. The molecule has 2 aromatic rings. The summed E-state index contributed by atoms with van der Waals surface area (Å²) in [6.45, 7) is 4.27. The van der Waals surface area contributed by atoms with Crippen molar-refractivity contribution in [2.45, 2.75) is 32.2 Å². The van der Waals surface area contributed by atoms with Gasteiger partial charge in [-0.2, -0.15) is 0 Å². The van der Waals surface area contributed by atoms with E-state index in [1.807, 2.05) is 36.6 Å². The number of aliphatic imine (C=N–C) groups is 1. The van der Waals surface area contributed by atoms with Crippen LogP contribution in [0.2, 0.25) is 0 Å². The van der Waals surface area contributed by atoms with Gasteiger partial charge in [0.05, 0.1) is 0 Å². The van der Waals surface area contributed by atoms with Crippen molar-refractivity contribution in [2.24, 2.45) is 10.9 Å². The maximum absolute atomic E-state index is 11.9. The summed E-state index contributed by atoms with van der Waals surface area (Å²) < 4.78 is 1.06. The Morgan fingerprint density at radius 2 is 2.07 bits per heavy atom. The molecule has 2 atom stereocenters. The number of nitrogens with zero attached hydrogens (tertiary/aromatic N) is 1. The van der Waals surface area contributed by atoms with Crippen molar-refractivity contribution < 1.29 is 0 Å². The third-order valence-corrected chi connectivity index (χ3v) is 6.36. The Balaban J connectivity index is 1.78. The van der Waals surface area contributed by atoms with E-state index in [4.69, 9.17) is 4.99 Å². The lowest BCUT2D eigenvalue weighted by atomic mass is 9.63. The molecule has 2 aliphatic carbocycles. The number of nitrogens with one attached hydrogen (secondary N) is 1. The van der Waals surface area contributed by atoms with Gasteiger partial charge in [0, 0.05) is 40.3 Å². The van der Waals surface area contributed by atoms with Crippen LogP contribution >= 0.6 is 15.9 Å². The van der Waals surface area contributed by atoms with Gasteiger partial charge < -0.3 is 4.98 Å². The van der Waals surface area contributed by atoms with Crippen LogP contribution in [0.4, 0.5) is 0 Å². The second-order valence-electron chi connectivity index (χ2n) is 7.48. The maximum atomic E-state index is 11.9. The van der Waals surface area contributed by atoms with E-state index in [2.05, 4.69) is 59.1 Å². The molecule has 1 heterocycles. The second kappa shape index (κ2) is 7.51. The average molecular weight is 435 g/mol. The van der Waals surface area contributed by atoms with Gasteiger partial charge in [-0.05, 0) is 49.6 Å². The predicted octanol–water partition coefficient (Wildman–Crippen LogP) is 5.59. The standard InChI is InChI=1S/C24H23BrN2O/c1-3-19-18-13-16(2)15-24(19,20-10-11-23(28)27-22(20)14-18)26-12-6-8-17-7-4-5-9-21(17)25/h3-13,18H,14-15H2,1-2H3,(H,27,28)/t18-,24+/m0/s1. The van der Waals surface area contributed by atoms with Crippen molar-refractivity contribution in [2.75, 3.05) is 0 Å². The zero-order valence-electron chi connectivity index (χ0n) is 16.1. The van der Waals surface area contributed by atoms with Gasteiger partial charge >= 0.3 is 0 Å². The number of aromatic amines is 1. The topological polar surface area (TPSA) is 45.2 Å². The molecule has 4 rings (SSSR count). The van der Waals surface area contributed by atoms with E-state index in [9.17, 15) is 4.79 Å². The zero-order chi connectivity index (χ0) is 19.7. The van der Waals surface area contributed by atoms with Crippen molar-refractivity contribution in [1.29, 1.82) is 0 Å². The Hall–Kier alpha value is -2.46. The molecule has 142 valence electrons. The van der Waals surface area contributed by atoms with Crippen molar-refractivity contribution >= 4 is 28.2 Å². The number of aromatic nitrogens is 1. The van der Waals surface area contributed by atoms with Gasteiger partial charge in [0.25, 0.3) is 0 Å². The molecule has 0 saturated carbocycles. The number of fused-ring (bicyclic) bond motifs is 4. The molecule has 3 nitrogen and oxygen atoms in total. The first-order valence-electron chi connectivity index (χ1n) is 9.56. The largest absolute Gasteiger partial charge is 0.326 e. The number of allylic oxidation sites excluding steroid dienone is 3. The number of benzene rings is 1. The zero-order valence-corrected chi connectivity index (χ0v) is 17.7. The van der Waals surface area contributed by atoms with Gasteiger partial charge in [0.15, 0.2) is 0 Å². The van der Waals surface area contributed by atoms with Gasteiger partial charge in [-0.15, -0.1) is 0 Å². The van der Waals surface area contributed by atoms with E-state index in [0.29, 0.717) is 0 Å². The number of pyridine rings is 1. The molecule has 28 heavy (non-hydrogen) atoms. The van der Waals surface area contributed by atoms with E-state index in [1.54, 1.807) is 6.07 Å². The van der Waals surface area contributed by atoms with Crippen LogP contribution in [0.5, 0.6) is 0 Å². The van der Waals surface area contributed by atoms with Gasteiger partial charge in [0.1, 0.15) is 5.54 Å². The first kappa shape index (κ1) is 18.9. The Labute approximate surface area is 173 Å². The Morgan fingerprint density at radius 1 is 1.25 bits per heavy atom. The number of rotatable bonds is 3. The molecular weight excluding hydrogens is 412 g/mol. The highest BCUT2D eigenvalue weighted by Crippen LogP contribution is 2.51. The SMILES string of the molecule is CC=C1[C@H]2C=C(C)C[C@]1(N=CC=Cc1ccccc1Br)c1ccc(=O)[nH]c1C2. The summed E-state index contributed by atoms with van der Waals surface area (Å²) >= 11 is 3.58. The molecular formula is C24H23BrN2O. The van der Waals surface area contributed by atoms with Crippen molar-refractivity contribution in [3.8, 4) is 0 Å². The minimum atomic E-state index is -0.436. The van der Waals surface area contributed by atoms with Crippen LogP contribution in [-0.4, -0.2) is 11.2 Å². The molecule has 0 aliphatic heterocycles. The number of halogens is 1. The lowest BCUT2D eigenvalue weighted by Gasteiger charge is -2.45. The van der Waals surface area contributed by atoms with Crippen LogP contribution in [0.25, 0.3) is 6.08 Å². The van der Waals surface area contributed by atoms with Gasteiger partial charge in [-0.25, -0.2) is 0 Å². The average Bonchev–Trinajstić information content (AvgIpc) is 2.65. The Kier molecular flexibility index (Phi) is 5.07. The van der Waals surface area contributed by atoms with Crippen LogP contribution < -0.4 is 5.56 Å².